The topological polar surface area (TPSA) is 0 Å². The molecule has 2 atom stereocenters. The average molecular weight is 295 g/mol. The molecule has 0 saturated heterocycles. The molecule has 2 unspecified atom stereocenters. The second kappa shape index (κ2) is 5.95. The zero-order valence-electron chi connectivity index (χ0n) is 10.7. The standard InChI is InChI=1S/C16H19Cl.Ti/c17-16(14-9-3-4-10-14)12-6-5-11-15(16)13-7-1-2-8-13;/h1-4,7,9,15H,5-6,8,10-12H2;. The molecule has 0 N–H and O–H groups in total. The molecule has 0 bridgehead atoms. The van der Waals surface area contributed by atoms with Crippen LogP contribution in [-0.2, 0) is 21.7 Å². The van der Waals surface area contributed by atoms with E-state index in [0.29, 0.717) is 5.92 Å². The van der Waals surface area contributed by atoms with Crippen molar-refractivity contribution >= 4 is 11.6 Å². The van der Waals surface area contributed by atoms with E-state index in [2.05, 4.69) is 36.5 Å². The van der Waals surface area contributed by atoms with Crippen LogP contribution in [0, 0.1) is 5.92 Å². The maximum atomic E-state index is 7.05. The van der Waals surface area contributed by atoms with E-state index in [1.165, 1.54) is 24.8 Å². The van der Waals surface area contributed by atoms with Crippen molar-refractivity contribution < 1.29 is 21.7 Å². The van der Waals surface area contributed by atoms with Crippen LogP contribution in [0.15, 0.2) is 47.6 Å². The molecule has 1 fully saturated rings. The van der Waals surface area contributed by atoms with E-state index in [9.17, 15) is 0 Å². The molecule has 3 aliphatic carbocycles. The molecule has 0 aromatic carbocycles. The molecular formula is C16H19ClTi. The van der Waals surface area contributed by atoms with Crippen LogP contribution >= 0.6 is 11.6 Å². The van der Waals surface area contributed by atoms with Crippen LogP contribution in [0.25, 0.3) is 0 Å². The van der Waals surface area contributed by atoms with Gasteiger partial charge in [-0.3, -0.25) is 0 Å². The van der Waals surface area contributed by atoms with Gasteiger partial charge in [0.2, 0.25) is 0 Å². The Kier molecular flexibility index (Phi) is 4.75. The van der Waals surface area contributed by atoms with Gasteiger partial charge in [-0.25, -0.2) is 0 Å². The molecule has 0 aromatic heterocycles. The Morgan fingerprint density at radius 3 is 2.50 bits per heavy atom. The van der Waals surface area contributed by atoms with Crippen LogP contribution < -0.4 is 0 Å². The van der Waals surface area contributed by atoms with E-state index in [1.807, 2.05) is 0 Å². The third-order valence-corrected chi connectivity index (χ3v) is 5.08. The van der Waals surface area contributed by atoms with Crippen molar-refractivity contribution in [3.63, 3.8) is 0 Å². The molecule has 0 nitrogen and oxygen atoms in total. The normalized spacial score (nSPS) is 34.2. The fraction of sp³-hybridized carbons (Fsp3) is 0.500. The fourth-order valence-electron chi connectivity index (χ4n) is 3.48. The molecule has 3 rings (SSSR count). The molecule has 0 spiro atoms. The van der Waals surface area contributed by atoms with E-state index < -0.39 is 0 Å². The van der Waals surface area contributed by atoms with Crippen LogP contribution in [0.4, 0.5) is 0 Å². The number of allylic oxidation sites excluding steroid dienone is 8. The predicted molar refractivity (Wildman–Crippen MR) is 74.2 cm³/mol. The molecule has 0 radical (unpaired) electrons. The van der Waals surface area contributed by atoms with Crippen molar-refractivity contribution in [2.45, 2.75) is 43.4 Å². The van der Waals surface area contributed by atoms with Crippen LogP contribution in [0.5, 0.6) is 0 Å². The Labute approximate surface area is 130 Å². The van der Waals surface area contributed by atoms with Gasteiger partial charge in [-0.2, -0.15) is 0 Å². The third-order valence-electron chi connectivity index (χ3n) is 4.39. The zero-order valence-corrected chi connectivity index (χ0v) is 13.0. The second-order valence-corrected chi connectivity index (χ2v) is 6.03. The van der Waals surface area contributed by atoms with Crippen molar-refractivity contribution in [3.05, 3.63) is 47.6 Å². The van der Waals surface area contributed by atoms with Crippen LogP contribution in [0.3, 0.4) is 0 Å². The van der Waals surface area contributed by atoms with Crippen LogP contribution in [0.1, 0.15) is 38.5 Å². The first-order chi connectivity index (χ1) is 8.31. The Morgan fingerprint density at radius 2 is 1.83 bits per heavy atom. The largest absolute Gasteiger partial charge is 0.114 e. The molecule has 3 aliphatic rings. The zero-order chi connectivity index (χ0) is 11.7. The smallest absolute Gasteiger partial charge is 0.0726 e. The van der Waals surface area contributed by atoms with E-state index >= 15 is 0 Å². The number of halogens is 1. The maximum absolute atomic E-state index is 7.05. The number of rotatable bonds is 2. The summed E-state index contributed by atoms with van der Waals surface area (Å²) in [7, 11) is 0. The van der Waals surface area contributed by atoms with Crippen molar-refractivity contribution in [1.29, 1.82) is 0 Å². The molecule has 1 saturated carbocycles. The Balaban J connectivity index is 0.00000120. The minimum atomic E-state index is -0.0976. The van der Waals surface area contributed by atoms with Gasteiger partial charge in [0.25, 0.3) is 0 Å². The van der Waals surface area contributed by atoms with E-state index in [1.54, 1.807) is 5.57 Å². The molecule has 94 valence electrons. The van der Waals surface area contributed by atoms with Gasteiger partial charge in [-0.05, 0) is 31.3 Å². The van der Waals surface area contributed by atoms with Gasteiger partial charge in [0.05, 0.1) is 4.87 Å². The van der Waals surface area contributed by atoms with Crippen LogP contribution in [-0.4, -0.2) is 4.87 Å². The SMILES string of the molecule is ClC1(C2=CC=CC2)CCCCC1C1=CC=CC1.[Ti]. The first-order valence-corrected chi connectivity index (χ1v) is 7.09. The Bertz CT molecular complexity index is 430. The first kappa shape index (κ1) is 14.4. The summed E-state index contributed by atoms with van der Waals surface area (Å²) >= 11 is 7.05. The van der Waals surface area contributed by atoms with Crippen molar-refractivity contribution in [1.82, 2.24) is 0 Å². The molecule has 0 aliphatic heterocycles. The molecule has 0 aromatic rings. The summed E-state index contributed by atoms with van der Waals surface area (Å²) in [5, 5.41) is 0. The first-order valence-electron chi connectivity index (χ1n) is 6.71. The van der Waals surface area contributed by atoms with Gasteiger partial charge in [-0.15, -0.1) is 11.6 Å². The Hall–Kier alpha value is -0.0357. The van der Waals surface area contributed by atoms with Gasteiger partial charge >= 0.3 is 0 Å². The summed E-state index contributed by atoms with van der Waals surface area (Å²) < 4.78 is 0. The molecule has 0 amide bonds. The van der Waals surface area contributed by atoms with Gasteiger partial charge in [0.1, 0.15) is 0 Å². The number of alkyl halides is 1. The maximum Gasteiger partial charge on any atom is 0.0726 e. The van der Waals surface area contributed by atoms with Crippen molar-refractivity contribution in [2.24, 2.45) is 5.92 Å². The van der Waals surface area contributed by atoms with Crippen molar-refractivity contribution in [3.8, 4) is 0 Å². The molecule has 18 heavy (non-hydrogen) atoms. The van der Waals surface area contributed by atoms with Crippen molar-refractivity contribution in [2.75, 3.05) is 0 Å². The number of hydrogen-bond acceptors (Lipinski definition) is 0. The van der Waals surface area contributed by atoms with Gasteiger partial charge in [0.15, 0.2) is 0 Å². The quantitative estimate of drug-likeness (QED) is 0.501. The van der Waals surface area contributed by atoms with E-state index in [4.69, 9.17) is 11.6 Å². The summed E-state index contributed by atoms with van der Waals surface area (Å²) in [5.74, 6) is 0.555. The van der Waals surface area contributed by atoms with E-state index in [0.717, 1.165) is 19.3 Å². The summed E-state index contributed by atoms with van der Waals surface area (Å²) in [4.78, 5) is -0.0976. The monoisotopic (exact) mass is 294 g/mol. The number of hydrogen-bond donors (Lipinski definition) is 0. The minimum Gasteiger partial charge on any atom is -0.114 e. The molecule has 0 heterocycles. The average Bonchev–Trinajstić information content (AvgIpc) is 3.03. The summed E-state index contributed by atoms with van der Waals surface area (Å²) in [6, 6.07) is 0. The predicted octanol–water partition coefficient (Wildman–Crippen LogP) is 4.92. The summed E-state index contributed by atoms with van der Waals surface area (Å²) in [6.07, 6.45) is 20.5. The minimum absolute atomic E-state index is 0. The van der Waals surface area contributed by atoms with Gasteiger partial charge < -0.3 is 0 Å². The fourth-order valence-corrected chi connectivity index (χ4v) is 4.00. The molecule has 2 heteroatoms. The summed E-state index contributed by atoms with van der Waals surface area (Å²) in [5.41, 5.74) is 2.99. The van der Waals surface area contributed by atoms with Gasteiger partial charge in [-0.1, -0.05) is 54.9 Å². The van der Waals surface area contributed by atoms with Crippen LogP contribution in [0.2, 0.25) is 0 Å². The third kappa shape index (κ3) is 2.48. The Morgan fingerprint density at radius 1 is 1.06 bits per heavy atom. The van der Waals surface area contributed by atoms with Gasteiger partial charge in [0, 0.05) is 27.6 Å². The summed E-state index contributed by atoms with van der Waals surface area (Å²) in [6.45, 7) is 0. The van der Waals surface area contributed by atoms with E-state index in [-0.39, 0.29) is 26.6 Å². The second-order valence-electron chi connectivity index (χ2n) is 5.36. The molecular weight excluding hydrogens is 275 g/mol.